The first-order valence-corrected chi connectivity index (χ1v) is 11.1. The maximum Gasteiger partial charge on any atom is 0.239 e. The topological polar surface area (TPSA) is 81.7 Å². The molecule has 1 heterocycles. The van der Waals surface area contributed by atoms with Crippen molar-refractivity contribution in [1.29, 1.82) is 0 Å². The third kappa shape index (κ3) is 7.78. The molecule has 0 unspecified atom stereocenters. The molecule has 3 N–H and O–H groups in total. The zero-order valence-corrected chi connectivity index (χ0v) is 17.4. The standard InChI is InChI=1S/C23H35N3O3/c27-21-10-12-26(13-11-21)17-20-8-6-19(7-9-20)15-24-23(29)16-25-22(28)14-18-4-2-1-3-5-18/h6-9,18,21,27H,1-5,10-17H2,(H,24,29)(H,25,28). The summed E-state index contributed by atoms with van der Waals surface area (Å²) in [5, 5.41) is 15.2. The number of nitrogens with zero attached hydrogens (tertiary/aromatic N) is 1. The van der Waals surface area contributed by atoms with Gasteiger partial charge in [0.05, 0.1) is 12.6 Å². The third-order valence-electron chi connectivity index (χ3n) is 6.12. The van der Waals surface area contributed by atoms with E-state index in [0.717, 1.165) is 50.9 Å². The highest BCUT2D eigenvalue weighted by atomic mass is 16.3. The van der Waals surface area contributed by atoms with Crippen molar-refractivity contribution < 1.29 is 14.7 Å². The Kier molecular flexibility index (Phi) is 8.50. The fourth-order valence-corrected chi connectivity index (χ4v) is 4.27. The molecule has 6 heteroatoms. The van der Waals surface area contributed by atoms with Crippen molar-refractivity contribution in [3.8, 4) is 0 Å². The number of piperidine rings is 1. The molecule has 160 valence electrons. The summed E-state index contributed by atoms with van der Waals surface area (Å²) in [5.41, 5.74) is 2.29. The molecule has 1 saturated carbocycles. The molecule has 29 heavy (non-hydrogen) atoms. The Labute approximate surface area is 174 Å². The first-order chi connectivity index (χ1) is 14.1. The molecule has 2 fully saturated rings. The third-order valence-corrected chi connectivity index (χ3v) is 6.12. The highest BCUT2D eigenvalue weighted by Crippen LogP contribution is 2.26. The smallest absolute Gasteiger partial charge is 0.239 e. The van der Waals surface area contributed by atoms with Crippen LogP contribution in [0.2, 0.25) is 0 Å². The lowest BCUT2D eigenvalue weighted by molar-refractivity contribution is -0.126. The number of hydrogen-bond acceptors (Lipinski definition) is 4. The van der Waals surface area contributed by atoms with Crippen LogP contribution in [0.25, 0.3) is 0 Å². The SMILES string of the molecule is O=C(CNC(=O)CC1CCCCC1)NCc1ccc(CN2CCC(O)CC2)cc1. The number of rotatable bonds is 8. The lowest BCUT2D eigenvalue weighted by Gasteiger charge is -2.29. The molecule has 2 amide bonds. The van der Waals surface area contributed by atoms with Crippen LogP contribution in [0.4, 0.5) is 0 Å². The van der Waals surface area contributed by atoms with Gasteiger partial charge in [-0.25, -0.2) is 0 Å². The highest BCUT2D eigenvalue weighted by Gasteiger charge is 2.18. The molecule has 1 aromatic carbocycles. The van der Waals surface area contributed by atoms with E-state index in [-0.39, 0.29) is 24.5 Å². The minimum atomic E-state index is -0.155. The van der Waals surface area contributed by atoms with Crippen molar-refractivity contribution in [1.82, 2.24) is 15.5 Å². The number of amides is 2. The van der Waals surface area contributed by atoms with Crippen LogP contribution >= 0.6 is 0 Å². The quantitative estimate of drug-likeness (QED) is 0.625. The summed E-state index contributed by atoms with van der Waals surface area (Å²) >= 11 is 0. The molecule has 0 bridgehead atoms. The number of likely N-dealkylation sites (tertiary alicyclic amines) is 1. The molecular formula is C23H35N3O3. The Balaban J connectivity index is 1.31. The number of hydrogen-bond donors (Lipinski definition) is 3. The van der Waals surface area contributed by atoms with Gasteiger partial charge in [-0.05, 0) is 42.7 Å². The lowest BCUT2D eigenvalue weighted by Crippen LogP contribution is -2.37. The van der Waals surface area contributed by atoms with Crippen molar-refractivity contribution in [3.63, 3.8) is 0 Å². The summed E-state index contributed by atoms with van der Waals surface area (Å²) in [4.78, 5) is 26.4. The molecule has 1 aromatic rings. The van der Waals surface area contributed by atoms with Gasteiger partial charge in [-0.3, -0.25) is 14.5 Å². The molecule has 0 radical (unpaired) electrons. The van der Waals surface area contributed by atoms with Crippen molar-refractivity contribution >= 4 is 11.8 Å². The van der Waals surface area contributed by atoms with Gasteiger partial charge in [0.2, 0.25) is 11.8 Å². The van der Waals surface area contributed by atoms with E-state index in [1.807, 2.05) is 12.1 Å². The largest absolute Gasteiger partial charge is 0.393 e. The number of aliphatic hydroxyl groups excluding tert-OH is 1. The molecule has 0 spiro atoms. The van der Waals surface area contributed by atoms with Crippen LogP contribution in [0.5, 0.6) is 0 Å². The molecule has 1 saturated heterocycles. The van der Waals surface area contributed by atoms with Gasteiger partial charge in [-0.1, -0.05) is 43.5 Å². The van der Waals surface area contributed by atoms with Crippen LogP contribution in [0, 0.1) is 5.92 Å². The van der Waals surface area contributed by atoms with Gasteiger partial charge < -0.3 is 15.7 Å². The Morgan fingerprint density at radius 3 is 2.24 bits per heavy atom. The molecular weight excluding hydrogens is 366 g/mol. The van der Waals surface area contributed by atoms with Crippen molar-refractivity contribution in [3.05, 3.63) is 35.4 Å². The molecule has 6 nitrogen and oxygen atoms in total. The molecule has 2 aliphatic rings. The van der Waals surface area contributed by atoms with Gasteiger partial charge >= 0.3 is 0 Å². The number of nitrogens with one attached hydrogen (secondary N) is 2. The number of aliphatic hydroxyl groups is 1. The van der Waals surface area contributed by atoms with E-state index in [1.165, 1.54) is 24.8 Å². The van der Waals surface area contributed by atoms with E-state index in [4.69, 9.17) is 0 Å². The Bertz CT molecular complexity index is 648. The first kappa shape index (κ1) is 21.8. The Morgan fingerprint density at radius 1 is 0.897 bits per heavy atom. The minimum Gasteiger partial charge on any atom is -0.393 e. The summed E-state index contributed by atoms with van der Waals surface area (Å²) in [6.07, 6.45) is 8.09. The van der Waals surface area contributed by atoms with Crippen LogP contribution in [0.3, 0.4) is 0 Å². The molecule has 1 aliphatic heterocycles. The van der Waals surface area contributed by atoms with Crippen molar-refractivity contribution in [2.75, 3.05) is 19.6 Å². The van der Waals surface area contributed by atoms with Crippen LogP contribution in [-0.4, -0.2) is 47.6 Å². The fraction of sp³-hybridized carbons (Fsp3) is 0.652. The van der Waals surface area contributed by atoms with E-state index in [2.05, 4.69) is 27.7 Å². The zero-order valence-electron chi connectivity index (χ0n) is 17.4. The summed E-state index contributed by atoms with van der Waals surface area (Å²) in [5.74, 6) is 0.319. The van der Waals surface area contributed by atoms with E-state index in [1.54, 1.807) is 0 Å². The second kappa shape index (κ2) is 11.3. The van der Waals surface area contributed by atoms with E-state index >= 15 is 0 Å². The number of carbonyl (C=O) groups excluding carboxylic acids is 2. The fourth-order valence-electron chi connectivity index (χ4n) is 4.27. The summed E-state index contributed by atoms with van der Waals surface area (Å²) in [7, 11) is 0. The zero-order chi connectivity index (χ0) is 20.5. The number of benzene rings is 1. The van der Waals surface area contributed by atoms with Gasteiger partial charge in [0, 0.05) is 32.6 Å². The molecule has 0 aromatic heterocycles. The monoisotopic (exact) mass is 401 g/mol. The molecule has 0 atom stereocenters. The van der Waals surface area contributed by atoms with E-state index in [0.29, 0.717) is 18.9 Å². The first-order valence-electron chi connectivity index (χ1n) is 11.1. The van der Waals surface area contributed by atoms with Crippen LogP contribution in [0.15, 0.2) is 24.3 Å². The number of carbonyl (C=O) groups is 2. The second-order valence-corrected chi connectivity index (χ2v) is 8.59. The Hall–Kier alpha value is -1.92. The van der Waals surface area contributed by atoms with Crippen molar-refractivity contribution in [2.45, 2.75) is 70.6 Å². The summed E-state index contributed by atoms with van der Waals surface area (Å²) in [6.45, 7) is 3.28. The van der Waals surface area contributed by atoms with Crippen LogP contribution < -0.4 is 10.6 Å². The minimum absolute atomic E-state index is 0.0124. The Morgan fingerprint density at radius 2 is 1.55 bits per heavy atom. The maximum absolute atomic E-state index is 12.0. The lowest BCUT2D eigenvalue weighted by atomic mass is 9.87. The van der Waals surface area contributed by atoms with Gasteiger partial charge in [-0.2, -0.15) is 0 Å². The van der Waals surface area contributed by atoms with E-state index in [9.17, 15) is 14.7 Å². The predicted octanol–water partition coefficient (Wildman–Crippen LogP) is 2.35. The molecule has 3 rings (SSSR count). The molecule has 1 aliphatic carbocycles. The van der Waals surface area contributed by atoms with Gasteiger partial charge in [0.1, 0.15) is 0 Å². The average Bonchev–Trinajstić information content (AvgIpc) is 2.74. The maximum atomic E-state index is 12.0. The summed E-state index contributed by atoms with van der Waals surface area (Å²) < 4.78 is 0. The highest BCUT2D eigenvalue weighted by molar-refractivity contribution is 5.84. The van der Waals surface area contributed by atoms with E-state index < -0.39 is 0 Å². The second-order valence-electron chi connectivity index (χ2n) is 8.59. The van der Waals surface area contributed by atoms with Gasteiger partial charge in [0.25, 0.3) is 0 Å². The van der Waals surface area contributed by atoms with Crippen LogP contribution in [0.1, 0.15) is 62.5 Å². The van der Waals surface area contributed by atoms with Crippen molar-refractivity contribution in [2.24, 2.45) is 5.92 Å². The van der Waals surface area contributed by atoms with Gasteiger partial charge in [-0.15, -0.1) is 0 Å². The summed E-state index contributed by atoms with van der Waals surface area (Å²) in [6, 6.07) is 8.27. The van der Waals surface area contributed by atoms with Gasteiger partial charge in [0.15, 0.2) is 0 Å². The predicted molar refractivity (Wildman–Crippen MR) is 113 cm³/mol. The van der Waals surface area contributed by atoms with Crippen LogP contribution in [-0.2, 0) is 22.7 Å². The average molecular weight is 402 g/mol. The normalized spacial score (nSPS) is 19.1.